The number of hydrogen-bond acceptors (Lipinski definition) is 2. The van der Waals surface area contributed by atoms with E-state index in [0.29, 0.717) is 13.1 Å². The summed E-state index contributed by atoms with van der Waals surface area (Å²) in [5.41, 5.74) is -0.218. The fourth-order valence-electron chi connectivity index (χ4n) is 2.49. The van der Waals surface area contributed by atoms with Gasteiger partial charge in [0.2, 0.25) is 5.91 Å². The lowest BCUT2D eigenvalue weighted by atomic mass is 9.77. The normalized spacial score (nSPS) is 24.1. The van der Waals surface area contributed by atoms with Crippen molar-refractivity contribution in [2.24, 2.45) is 5.41 Å². The molecule has 0 aromatic rings. The van der Waals surface area contributed by atoms with Crippen molar-refractivity contribution in [1.82, 2.24) is 10.2 Å². The summed E-state index contributed by atoms with van der Waals surface area (Å²) in [7, 11) is 0. The topological polar surface area (TPSA) is 32.3 Å². The Balaban J connectivity index is 2.80. The van der Waals surface area contributed by atoms with E-state index in [2.05, 4.69) is 25.4 Å². The summed E-state index contributed by atoms with van der Waals surface area (Å²) in [6.07, 6.45) is 6.52. The lowest BCUT2D eigenvalue weighted by molar-refractivity contribution is -0.142. The highest BCUT2D eigenvalue weighted by Crippen LogP contribution is 2.32. The molecule has 0 saturated carbocycles. The van der Waals surface area contributed by atoms with Gasteiger partial charge in [0, 0.05) is 19.6 Å². The van der Waals surface area contributed by atoms with Crippen molar-refractivity contribution >= 4 is 5.91 Å². The fourth-order valence-corrected chi connectivity index (χ4v) is 2.49. The van der Waals surface area contributed by atoms with Crippen LogP contribution >= 0.6 is 0 Å². The Labute approximate surface area is 105 Å². The van der Waals surface area contributed by atoms with E-state index in [-0.39, 0.29) is 11.3 Å². The zero-order valence-electron chi connectivity index (χ0n) is 10.9. The van der Waals surface area contributed by atoms with Gasteiger partial charge in [0.25, 0.3) is 0 Å². The summed E-state index contributed by atoms with van der Waals surface area (Å²) in [5.74, 6) is 0.243. The quantitative estimate of drug-likeness (QED) is 0.715. The molecule has 3 nitrogen and oxygen atoms in total. The maximum Gasteiger partial charge on any atom is 0.230 e. The molecule has 1 atom stereocenters. The second kappa shape index (κ2) is 6.60. The van der Waals surface area contributed by atoms with Crippen LogP contribution in [0.2, 0.25) is 0 Å². The first-order valence-electron chi connectivity index (χ1n) is 6.42. The van der Waals surface area contributed by atoms with Crippen molar-refractivity contribution in [2.45, 2.75) is 26.2 Å². The summed E-state index contributed by atoms with van der Waals surface area (Å²) in [5, 5.41) is 3.35. The highest BCUT2D eigenvalue weighted by Gasteiger charge is 2.39. The largest absolute Gasteiger partial charge is 0.335 e. The van der Waals surface area contributed by atoms with Gasteiger partial charge in [0.05, 0.1) is 5.41 Å². The Kier molecular flexibility index (Phi) is 5.42. The minimum absolute atomic E-state index is 0.218. The maximum absolute atomic E-state index is 12.6. The molecule has 0 bridgehead atoms. The van der Waals surface area contributed by atoms with Gasteiger partial charge in [-0.15, -0.1) is 13.2 Å². The maximum atomic E-state index is 12.6. The first-order chi connectivity index (χ1) is 8.20. The smallest absolute Gasteiger partial charge is 0.230 e. The number of carbonyl (C=O) groups excluding carboxylic acids is 1. The molecular weight excluding hydrogens is 212 g/mol. The minimum Gasteiger partial charge on any atom is -0.335 e. The van der Waals surface area contributed by atoms with Crippen LogP contribution in [0.5, 0.6) is 0 Å². The van der Waals surface area contributed by atoms with E-state index in [4.69, 9.17) is 0 Å². The van der Waals surface area contributed by atoms with Crippen LogP contribution in [0.1, 0.15) is 26.2 Å². The summed E-state index contributed by atoms with van der Waals surface area (Å²) in [6, 6.07) is 0. The molecule has 1 aliphatic heterocycles. The molecule has 0 spiro atoms. The molecule has 1 fully saturated rings. The highest BCUT2D eigenvalue weighted by molar-refractivity contribution is 5.83. The SMILES string of the molecule is C=CCN(CC=C)C(=O)C1(CC)CCCNC1. The second-order valence-corrected chi connectivity index (χ2v) is 4.70. The molecule has 3 heteroatoms. The van der Waals surface area contributed by atoms with E-state index >= 15 is 0 Å². The van der Waals surface area contributed by atoms with Crippen molar-refractivity contribution in [3.05, 3.63) is 25.3 Å². The van der Waals surface area contributed by atoms with Crippen LogP contribution in [0.25, 0.3) is 0 Å². The lowest BCUT2D eigenvalue weighted by Gasteiger charge is -2.39. The Morgan fingerprint density at radius 2 is 2.06 bits per heavy atom. The van der Waals surface area contributed by atoms with Gasteiger partial charge in [-0.1, -0.05) is 19.1 Å². The average Bonchev–Trinajstić information content (AvgIpc) is 2.38. The Hall–Kier alpha value is -1.09. The number of rotatable bonds is 6. The third-order valence-electron chi connectivity index (χ3n) is 3.59. The molecule has 1 heterocycles. The molecule has 0 aromatic carbocycles. The van der Waals surface area contributed by atoms with Crippen molar-refractivity contribution in [3.63, 3.8) is 0 Å². The number of nitrogens with one attached hydrogen (secondary N) is 1. The zero-order chi connectivity index (χ0) is 12.7. The molecule has 0 aliphatic carbocycles. The molecule has 0 aromatic heterocycles. The van der Waals surface area contributed by atoms with Crippen LogP contribution in [0.3, 0.4) is 0 Å². The molecule has 1 rings (SSSR count). The Morgan fingerprint density at radius 1 is 1.41 bits per heavy atom. The van der Waals surface area contributed by atoms with Crippen molar-refractivity contribution < 1.29 is 4.79 Å². The number of piperidine rings is 1. The van der Waals surface area contributed by atoms with Gasteiger partial charge < -0.3 is 10.2 Å². The molecule has 0 radical (unpaired) electrons. The lowest BCUT2D eigenvalue weighted by Crippen LogP contribution is -2.51. The van der Waals surface area contributed by atoms with Crippen LogP contribution in [-0.4, -0.2) is 37.0 Å². The molecular formula is C14H24N2O. The third-order valence-corrected chi connectivity index (χ3v) is 3.59. The van der Waals surface area contributed by atoms with E-state index in [1.54, 1.807) is 12.2 Å². The van der Waals surface area contributed by atoms with Crippen LogP contribution in [0.15, 0.2) is 25.3 Å². The molecule has 1 amide bonds. The van der Waals surface area contributed by atoms with Gasteiger partial charge in [-0.25, -0.2) is 0 Å². The van der Waals surface area contributed by atoms with E-state index < -0.39 is 0 Å². The minimum atomic E-state index is -0.218. The van der Waals surface area contributed by atoms with Crippen LogP contribution in [-0.2, 0) is 4.79 Å². The summed E-state index contributed by atoms with van der Waals surface area (Å²) in [6.45, 7) is 12.6. The van der Waals surface area contributed by atoms with E-state index in [1.807, 2.05) is 4.90 Å². The van der Waals surface area contributed by atoms with E-state index in [1.165, 1.54) is 0 Å². The molecule has 1 saturated heterocycles. The van der Waals surface area contributed by atoms with E-state index in [9.17, 15) is 4.79 Å². The van der Waals surface area contributed by atoms with Crippen molar-refractivity contribution in [3.8, 4) is 0 Å². The molecule has 17 heavy (non-hydrogen) atoms. The van der Waals surface area contributed by atoms with E-state index in [0.717, 1.165) is 32.4 Å². The Morgan fingerprint density at radius 3 is 2.47 bits per heavy atom. The number of nitrogens with zero attached hydrogens (tertiary/aromatic N) is 1. The summed E-state index contributed by atoms with van der Waals surface area (Å²) >= 11 is 0. The number of amides is 1. The van der Waals surface area contributed by atoms with Crippen molar-refractivity contribution in [1.29, 1.82) is 0 Å². The van der Waals surface area contributed by atoms with Crippen LogP contribution < -0.4 is 5.32 Å². The standard InChI is InChI=1S/C14H24N2O/c1-4-10-16(11-5-2)13(17)14(6-3)8-7-9-15-12-14/h4-5,15H,1-2,6-12H2,3H3. The average molecular weight is 236 g/mol. The number of carbonyl (C=O) groups is 1. The predicted molar refractivity (Wildman–Crippen MR) is 71.8 cm³/mol. The molecule has 1 aliphatic rings. The Bertz CT molecular complexity index is 270. The van der Waals surface area contributed by atoms with Crippen molar-refractivity contribution in [2.75, 3.05) is 26.2 Å². The molecule has 1 unspecified atom stereocenters. The van der Waals surface area contributed by atoms with Gasteiger partial charge in [0.15, 0.2) is 0 Å². The highest BCUT2D eigenvalue weighted by atomic mass is 16.2. The fraction of sp³-hybridized carbons (Fsp3) is 0.643. The van der Waals surface area contributed by atoms with Crippen LogP contribution in [0, 0.1) is 5.41 Å². The molecule has 1 N–H and O–H groups in total. The van der Waals surface area contributed by atoms with Gasteiger partial charge in [-0.3, -0.25) is 4.79 Å². The summed E-state index contributed by atoms with van der Waals surface area (Å²) < 4.78 is 0. The first-order valence-corrected chi connectivity index (χ1v) is 6.42. The van der Waals surface area contributed by atoms with Crippen LogP contribution in [0.4, 0.5) is 0 Å². The monoisotopic (exact) mass is 236 g/mol. The third kappa shape index (κ3) is 3.19. The summed E-state index contributed by atoms with van der Waals surface area (Å²) in [4.78, 5) is 14.5. The van der Waals surface area contributed by atoms with Gasteiger partial charge in [-0.05, 0) is 25.8 Å². The first kappa shape index (κ1) is 14.0. The second-order valence-electron chi connectivity index (χ2n) is 4.70. The zero-order valence-corrected chi connectivity index (χ0v) is 10.9. The van der Waals surface area contributed by atoms with Gasteiger partial charge >= 0.3 is 0 Å². The van der Waals surface area contributed by atoms with Gasteiger partial charge in [-0.2, -0.15) is 0 Å². The van der Waals surface area contributed by atoms with Gasteiger partial charge in [0.1, 0.15) is 0 Å². The number of hydrogen-bond donors (Lipinski definition) is 1. The molecule has 96 valence electrons. The predicted octanol–water partition coefficient (Wildman–Crippen LogP) is 1.97.